The first-order valence-corrected chi connectivity index (χ1v) is 7.02. The number of nitrogens with zero attached hydrogens (tertiary/aromatic N) is 2. The first-order valence-electron chi connectivity index (χ1n) is 6.49. The number of ether oxygens (including phenoxy) is 1. The second-order valence-corrected chi connectivity index (χ2v) is 4.77. The van der Waals surface area contributed by atoms with Crippen LogP contribution >= 0.6 is 11.6 Å². The van der Waals surface area contributed by atoms with E-state index in [4.69, 9.17) is 16.3 Å². The molecule has 0 spiro atoms. The van der Waals surface area contributed by atoms with Crippen LogP contribution in [-0.4, -0.2) is 35.5 Å². The highest BCUT2D eigenvalue weighted by Crippen LogP contribution is 2.22. The van der Waals surface area contributed by atoms with Gasteiger partial charge in [-0.25, -0.2) is 4.98 Å². The van der Waals surface area contributed by atoms with Crippen LogP contribution in [0.5, 0.6) is 5.75 Å². The Labute approximate surface area is 122 Å². The predicted molar refractivity (Wildman–Crippen MR) is 79.4 cm³/mol. The first kappa shape index (κ1) is 14.7. The summed E-state index contributed by atoms with van der Waals surface area (Å²) in [6.45, 7) is 0.592. The second-order valence-electron chi connectivity index (χ2n) is 4.40. The number of carbonyl (C=O) groups is 1. The van der Waals surface area contributed by atoms with Gasteiger partial charge >= 0.3 is 0 Å². The fourth-order valence-corrected chi connectivity index (χ4v) is 2.32. The molecular formula is C14H18ClN3O2. The van der Waals surface area contributed by atoms with Gasteiger partial charge in [-0.1, -0.05) is 0 Å². The highest BCUT2D eigenvalue weighted by atomic mass is 35.5. The van der Waals surface area contributed by atoms with Gasteiger partial charge in [-0.15, -0.1) is 11.6 Å². The molecule has 0 aliphatic rings. The molecule has 0 aliphatic heterocycles. The van der Waals surface area contributed by atoms with Crippen LogP contribution in [0.3, 0.4) is 0 Å². The van der Waals surface area contributed by atoms with Gasteiger partial charge in [-0.05, 0) is 12.1 Å². The number of fused-ring (bicyclic) bond motifs is 1. The summed E-state index contributed by atoms with van der Waals surface area (Å²) in [5.41, 5.74) is 1.86. The van der Waals surface area contributed by atoms with Crippen molar-refractivity contribution in [3.8, 4) is 5.75 Å². The normalized spacial score (nSPS) is 10.8. The molecule has 1 aromatic heterocycles. The van der Waals surface area contributed by atoms with Crippen molar-refractivity contribution in [2.75, 3.05) is 20.0 Å². The molecule has 0 bridgehead atoms. The monoisotopic (exact) mass is 295 g/mol. The summed E-state index contributed by atoms with van der Waals surface area (Å²) in [5.74, 6) is 2.18. The lowest BCUT2D eigenvalue weighted by atomic mass is 10.3. The molecule has 0 fully saturated rings. The lowest BCUT2D eigenvalue weighted by Crippen LogP contribution is -2.20. The zero-order valence-corrected chi connectivity index (χ0v) is 12.4. The Balaban J connectivity index is 2.37. The number of alkyl halides is 1. The van der Waals surface area contributed by atoms with Gasteiger partial charge in [0.25, 0.3) is 0 Å². The van der Waals surface area contributed by atoms with E-state index in [1.807, 2.05) is 22.8 Å². The number of hydrogen-bond acceptors (Lipinski definition) is 3. The summed E-state index contributed by atoms with van der Waals surface area (Å²) in [5, 5.41) is 2.63. The zero-order valence-electron chi connectivity index (χ0n) is 11.6. The third-order valence-electron chi connectivity index (χ3n) is 3.19. The Morgan fingerprint density at radius 3 is 2.95 bits per heavy atom. The highest BCUT2D eigenvalue weighted by Gasteiger charge is 2.12. The number of nitrogens with one attached hydrogen (secondary N) is 1. The topological polar surface area (TPSA) is 56.2 Å². The minimum atomic E-state index is 0.0113. The van der Waals surface area contributed by atoms with E-state index in [0.29, 0.717) is 25.3 Å². The molecule has 0 unspecified atom stereocenters. The molecule has 1 amide bonds. The number of aryl methyl sites for hydroxylation is 2. The molecule has 0 atom stereocenters. The fraction of sp³-hybridized carbons (Fsp3) is 0.429. The molecule has 108 valence electrons. The molecule has 0 saturated heterocycles. The number of imidazole rings is 1. The Kier molecular flexibility index (Phi) is 4.84. The van der Waals surface area contributed by atoms with E-state index in [-0.39, 0.29) is 5.91 Å². The lowest BCUT2D eigenvalue weighted by molar-refractivity contribution is -0.120. The van der Waals surface area contributed by atoms with Gasteiger partial charge in [0, 0.05) is 38.4 Å². The first-order chi connectivity index (χ1) is 9.69. The quantitative estimate of drug-likeness (QED) is 0.829. The summed E-state index contributed by atoms with van der Waals surface area (Å²) < 4.78 is 7.26. The van der Waals surface area contributed by atoms with Crippen molar-refractivity contribution in [2.24, 2.45) is 0 Å². The summed E-state index contributed by atoms with van der Waals surface area (Å²) >= 11 is 5.83. The van der Waals surface area contributed by atoms with Gasteiger partial charge < -0.3 is 14.6 Å². The molecule has 1 N–H and O–H groups in total. The SMILES string of the molecule is CNC(=O)CCn1c(CCCl)nc2cc(OC)ccc21. The average Bonchev–Trinajstić information content (AvgIpc) is 2.81. The molecular weight excluding hydrogens is 278 g/mol. The Bertz CT molecular complexity index is 610. The smallest absolute Gasteiger partial charge is 0.221 e. The van der Waals surface area contributed by atoms with Gasteiger partial charge in [0.05, 0.1) is 18.1 Å². The van der Waals surface area contributed by atoms with Crippen LogP contribution in [0.1, 0.15) is 12.2 Å². The maximum atomic E-state index is 11.4. The minimum absolute atomic E-state index is 0.0113. The molecule has 0 radical (unpaired) electrons. The molecule has 6 heteroatoms. The van der Waals surface area contributed by atoms with Gasteiger partial charge in [0.2, 0.25) is 5.91 Å². The molecule has 2 rings (SSSR count). The number of rotatable bonds is 6. The lowest BCUT2D eigenvalue weighted by Gasteiger charge is -2.08. The summed E-state index contributed by atoms with van der Waals surface area (Å²) in [4.78, 5) is 16.0. The maximum Gasteiger partial charge on any atom is 0.221 e. The summed E-state index contributed by atoms with van der Waals surface area (Å²) in [6.07, 6.45) is 1.09. The number of halogens is 1. The van der Waals surface area contributed by atoms with E-state index >= 15 is 0 Å². The van der Waals surface area contributed by atoms with Crippen LogP contribution in [-0.2, 0) is 17.8 Å². The zero-order chi connectivity index (χ0) is 14.5. The maximum absolute atomic E-state index is 11.4. The van der Waals surface area contributed by atoms with Crippen LogP contribution in [0.2, 0.25) is 0 Å². The number of hydrogen-bond donors (Lipinski definition) is 1. The van der Waals surface area contributed by atoms with Crippen molar-refractivity contribution >= 4 is 28.5 Å². The van der Waals surface area contributed by atoms with Gasteiger partial charge in [0.15, 0.2) is 0 Å². The van der Waals surface area contributed by atoms with Crippen molar-refractivity contribution in [3.05, 3.63) is 24.0 Å². The summed E-state index contributed by atoms with van der Waals surface area (Å²) in [7, 11) is 3.27. The van der Waals surface area contributed by atoms with E-state index in [1.54, 1.807) is 14.2 Å². The van der Waals surface area contributed by atoms with Crippen LogP contribution in [0, 0.1) is 0 Å². The largest absolute Gasteiger partial charge is 0.497 e. The van der Waals surface area contributed by atoms with Gasteiger partial charge in [-0.2, -0.15) is 0 Å². The van der Waals surface area contributed by atoms with E-state index in [9.17, 15) is 4.79 Å². The summed E-state index contributed by atoms with van der Waals surface area (Å²) in [6, 6.07) is 5.75. The van der Waals surface area contributed by atoms with E-state index in [0.717, 1.165) is 22.6 Å². The standard InChI is InChI=1S/C14H18ClN3O2/c1-16-14(19)6-8-18-12-4-3-10(20-2)9-11(12)17-13(18)5-7-15/h3-4,9H,5-8H2,1-2H3,(H,16,19). The number of methoxy groups -OCH3 is 1. The van der Waals surface area contributed by atoms with Crippen molar-refractivity contribution in [1.82, 2.24) is 14.9 Å². The molecule has 1 aromatic carbocycles. The second kappa shape index (κ2) is 6.61. The Morgan fingerprint density at radius 1 is 1.50 bits per heavy atom. The molecule has 0 saturated carbocycles. The third-order valence-corrected chi connectivity index (χ3v) is 3.38. The number of benzene rings is 1. The van der Waals surface area contributed by atoms with E-state index in [2.05, 4.69) is 10.3 Å². The number of aromatic nitrogens is 2. The third kappa shape index (κ3) is 3.04. The van der Waals surface area contributed by atoms with Crippen LogP contribution in [0.4, 0.5) is 0 Å². The molecule has 20 heavy (non-hydrogen) atoms. The number of carbonyl (C=O) groups excluding carboxylic acids is 1. The van der Waals surface area contributed by atoms with Crippen molar-refractivity contribution in [1.29, 1.82) is 0 Å². The highest BCUT2D eigenvalue weighted by molar-refractivity contribution is 6.17. The van der Waals surface area contributed by atoms with E-state index in [1.165, 1.54) is 0 Å². The van der Waals surface area contributed by atoms with Crippen molar-refractivity contribution in [3.63, 3.8) is 0 Å². The van der Waals surface area contributed by atoms with Crippen molar-refractivity contribution < 1.29 is 9.53 Å². The van der Waals surface area contributed by atoms with Crippen molar-refractivity contribution in [2.45, 2.75) is 19.4 Å². The fourth-order valence-electron chi connectivity index (χ4n) is 2.15. The van der Waals surface area contributed by atoms with Crippen LogP contribution in [0.15, 0.2) is 18.2 Å². The number of amides is 1. The molecule has 5 nitrogen and oxygen atoms in total. The predicted octanol–water partition coefficient (Wildman–Crippen LogP) is 1.96. The molecule has 0 aliphatic carbocycles. The van der Waals surface area contributed by atoms with Gasteiger partial charge in [0.1, 0.15) is 11.6 Å². The molecule has 1 heterocycles. The van der Waals surface area contributed by atoms with E-state index < -0.39 is 0 Å². The van der Waals surface area contributed by atoms with Crippen LogP contribution < -0.4 is 10.1 Å². The average molecular weight is 296 g/mol. The minimum Gasteiger partial charge on any atom is -0.497 e. The Morgan fingerprint density at radius 2 is 2.30 bits per heavy atom. The van der Waals surface area contributed by atoms with Gasteiger partial charge in [-0.3, -0.25) is 4.79 Å². The Hall–Kier alpha value is -1.75. The molecule has 2 aromatic rings. The van der Waals surface area contributed by atoms with Crippen LogP contribution in [0.25, 0.3) is 11.0 Å².